The van der Waals surface area contributed by atoms with Crippen LogP contribution in [0.3, 0.4) is 0 Å². The van der Waals surface area contributed by atoms with E-state index in [0.29, 0.717) is 4.90 Å². The molecule has 2 N–H and O–H groups in total. The highest BCUT2D eigenvalue weighted by atomic mass is 28.4. The lowest BCUT2D eigenvalue weighted by atomic mass is 10.1. The minimum Gasteiger partial charge on any atom is -0.458 e. The van der Waals surface area contributed by atoms with Gasteiger partial charge in [0, 0.05) is 0 Å². The van der Waals surface area contributed by atoms with Gasteiger partial charge >= 0.3 is 18.2 Å². The van der Waals surface area contributed by atoms with Crippen molar-refractivity contribution in [2.45, 2.75) is 97.4 Å². The third-order valence-corrected chi connectivity index (χ3v) is 11.8. The zero-order valence-corrected chi connectivity index (χ0v) is 29.6. The number of nitrogens with zero attached hydrogens (tertiary/aromatic N) is 1. The van der Waals surface area contributed by atoms with E-state index < -0.39 is 49.6 Å². The summed E-state index contributed by atoms with van der Waals surface area (Å²) >= 11 is 0. The van der Waals surface area contributed by atoms with E-state index in [2.05, 4.69) is 45.0 Å². The summed E-state index contributed by atoms with van der Waals surface area (Å²) in [5.41, 5.74) is 3.30. The zero-order chi connectivity index (χ0) is 34.8. The Morgan fingerprint density at radius 2 is 1.26 bits per heavy atom. The van der Waals surface area contributed by atoms with Gasteiger partial charge in [0.25, 0.3) is 8.32 Å². The van der Waals surface area contributed by atoms with E-state index in [4.69, 9.17) is 24.4 Å². The SMILES string of the molecule is CC(C)(C)OC(=O)[C@H](CC/C=C/C(N)=O)N(C(=O)OCCO[Si](c1ccccc1)(c1ccccc1)C(C)(C)C)C(=O)OC(C)(C)C. The maximum Gasteiger partial charge on any atom is 0.420 e. The number of imide groups is 1. The van der Waals surface area contributed by atoms with Crippen LogP contribution in [0.1, 0.15) is 75.2 Å². The molecule has 2 rings (SSSR count). The Balaban J connectivity index is 2.41. The van der Waals surface area contributed by atoms with Crippen molar-refractivity contribution in [3.63, 3.8) is 0 Å². The molecule has 252 valence electrons. The topological polar surface area (TPSA) is 134 Å². The van der Waals surface area contributed by atoms with Crippen LogP contribution in [0, 0.1) is 0 Å². The number of benzene rings is 2. The summed E-state index contributed by atoms with van der Waals surface area (Å²) in [4.78, 5) is 52.3. The highest BCUT2D eigenvalue weighted by Gasteiger charge is 2.50. The van der Waals surface area contributed by atoms with Crippen LogP contribution in [0.15, 0.2) is 72.8 Å². The number of rotatable bonds is 12. The van der Waals surface area contributed by atoms with Gasteiger partial charge < -0.3 is 24.4 Å². The predicted octanol–water partition coefficient (Wildman–Crippen LogP) is 5.47. The van der Waals surface area contributed by atoms with E-state index >= 15 is 0 Å². The van der Waals surface area contributed by atoms with Gasteiger partial charge in [0.05, 0.1) is 6.61 Å². The van der Waals surface area contributed by atoms with E-state index in [1.54, 1.807) is 41.5 Å². The highest BCUT2D eigenvalue weighted by Crippen LogP contribution is 2.36. The van der Waals surface area contributed by atoms with E-state index in [1.807, 2.05) is 36.4 Å². The summed E-state index contributed by atoms with van der Waals surface area (Å²) in [7, 11) is -2.92. The van der Waals surface area contributed by atoms with Gasteiger partial charge in [0.2, 0.25) is 5.91 Å². The molecule has 0 fully saturated rings. The van der Waals surface area contributed by atoms with Crippen molar-refractivity contribution in [3.8, 4) is 0 Å². The number of primary amides is 1. The molecular formula is C35H50N2O8Si. The van der Waals surface area contributed by atoms with Gasteiger partial charge in [0.15, 0.2) is 0 Å². The monoisotopic (exact) mass is 654 g/mol. The van der Waals surface area contributed by atoms with Crippen molar-refractivity contribution in [2.24, 2.45) is 5.73 Å². The smallest absolute Gasteiger partial charge is 0.420 e. The lowest BCUT2D eigenvalue weighted by molar-refractivity contribution is -0.161. The molecule has 0 saturated carbocycles. The number of carbonyl (C=O) groups is 4. The third-order valence-electron chi connectivity index (χ3n) is 6.71. The van der Waals surface area contributed by atoms with Crippen LogP contribution >= 0.6 is 0 Å². The van der Waals surface area contributed by atoms with Crippen molar-refractivity contribution < 1.29 is 37.8 Å². The van der Waals surface area contributed by atoms with Gasteiger partial charge in [0.1, 0.15) is 23.9 Å². The Labute approximate surface area is 274 Å². The molecule has 10 nitrogen and oxygen atoms in total. The summed E-state index contributed by atoms with van der Waals surface area (Å²) in [6, 6.07) is 18.6. The molecular weight excluding hydrogens is 604 g/mol. The molecule has 0 unspecified atom stereocenters. The minimum absolute atomic E-state index is 0.0274. The van der Waals surface area contributed by atoms with E-state index in [9.17, 15) is 19.2 Å². The lowest BCUT2D eigenvalue weighted by Crippen LogP contribution is -2.66. The van der Waals surface area contributed by atoms with Crippen molar-refractivity contribution in [3.05, 3.63) is 72.8 Å². The fourth-order valence-corrected chi connectivity index (χ4v) is 9.52. The maximum absolute atomic E-state index is 13.6. The molecule has 0 bridgehead atoms. The molecule has 2 aromatic carbocycles. The van der Waals surface area contributed by atoms with Crippen LogP contribution in [0.5, 0.6) is 0 Å². The molecule has 0 aliphatic rings. The number of nitrogens with two attached hydrogens (primary N) is 1. The minimum atomic E-state index is -2.92. The average molecular weight is 655 g/mol. The summed E-state index contributed by atoms with van der Waals surface area (Å²) in [6.07, 6.45) is 0.512. The first kappa shape index (κ1) is 38.2. The second kappa shape index (κ2) is 16.0. The van der Waals surface area contributed by atoms with Gasteiger partial charge in [-0.05, 0) is 75.9 Å². The summed E-state index contributed by atoms with van der Waals surface area (Å²) in [5.74, 6) is -1.50. The van der Waals surface area contributed by atoms with Crippen LogP contribution in [0.25, 0.3) is 0 Å². The molecule has 0 spiro atoms. The van der Waals surface area contributed by atoms with Crippen molar-refractivity contribution >= 4 is 42.8 Å². The first-order valence-corrected chi connectivity index (χ1v) is 17.3. The Kier molecular flexibility index (Phi) is 13.3. The van der Waals surface area contributed by atoms with Gasteiger partial charge in [-0.2, -0.15) is 4.90 Å². The second-order valence-corrected chi connectivity index (χ2v) is 18.2. The number of hydrogen-bond acceptors (Lipinski definition) is 8. The fraction of sp³-hybridized carbons (Fsp3) is 0.486. The van der Waals surface area contributed by atoms with Crippen molar-refractivity contribution in [1.82, 2.24) is 4.90 Å². The molecule has 0 aliphatic heterocycles. The van der Waals surface area contributed by atoms with Crippen molar-refractivity contribution in [1.29, 1.82) is 0 Å². The van der Waals surface area contributed by atoms with E-state index in [0.717, 1.165) is 16.4 Å². The highest BCUT2D eigenvalue weighted by molar-refractivity contribution is 6.99. The molecule has 1 atom stereocenters. The fourth-order valence-electron chi connectivity index (χ4n) is 4.97. The normalized spacial score (nSPS) is 13.2. The number of allylic oxidation sites excluding steroid dienone is 1. The number of amides is 3. The van der Waals surface area contributed by atoms with Crippen LogP contribution in [0.4, 0.5) is 9.59 Å². The Morgan fingerprint density at radius 3 is 1.70 bits per heavy atom. The summed E-state index contributed by atoms with van der Waals surface area (Å²) < 4.78 is 23.5. The largest absolute Gasteiger partial charge is 0.458 e. The lowest BCUT2D eigenvalue weighted by Gasteiger charge is -2.43. The van der Waals surface area contributed by atoms with E-state index in [-0.39, 0.29) is 31.1 Å². The standard InChI is InChI=1S/C35H50N2O8Si/c1-33(2,3)44-30(39)28(22-16-17-23-29(36)38)37(32(41)45-34(4,5)6)31(40)42-24-25-43-46(35(7,8)9,26-18-12-10-13-19-26)27-20-14-11-15-21-27/h10-15,17-21,23,28H,16,22,24-25H2,1-9H3,(H2,36,38)/b23-17+/t28-/m0/s1. The Bertz CT molecular complexity index is 1300. The first-order valence-electron chi connectivity index (χ1n) is 15.4. The third kappa shape index (κ3) is 11.1. The van der Waals surface area contributed by atoms with Gasteiger partial charge in [-0.3, -0.25) is 4.79 Å². The van der Waals surface area contributed by atoms with Crippen LogP contribution in [-0.2, 0) is 28.2 Å². The van der Waals surface area contributed by atoms with Gasteiger partial charge in [-0.15, -0.1) is 0 Å². The Morgan fingerprint density at radius 1 is 0.761 bits per heavy atom. The number of ether oxygens (including phenoxy) is 3. The van der Waals surface area contributed by atoms with Gasteiger partial charge in [-0.1, -0.05) is 87.5 Å². The summed E-state index contributed by atoms with van der Waals surface area (Å²) in [5, 5.41) is 1.82. The van der Waals surface area contributed by atoms with Gasteiger partial charge in [-0.25, -0.2) is 14.4 Å². The maximum atomic E-state index is 13.6. The molecule has 2 aromatic rings. The molecule has 0 radical (unpaired) electrons. The average Bonchev–Trinajstić information content (AvgIpc) is 2.92. The van der Waals surface area contributed by atoms with Crippen molar-refractivity contribution in [2.75, 3.05) is 13.2 Å². The predicted molar refractivity (Wildman–Crippen MR) is 180 cm³/mol. The first-order chi connectivity index (χ1) is 21.3. The second-order valence-electron chi connectivity index (χ2n) is 13.9. The number of esters is 1. The number of carbonyl (C=O) groups excluding carboxylic acids is 4. The Hall–Kier alpha value is -3.96. The molecule has 46 heavy (non-hydrogen) atoms. The van der Waals surface area contributed by atoms with Crippen LogP contribution < -0.4 is 16.1 Å². The zero-order valence-electron chi connectivity index (χ0n) is 28.6. The molecule has 11 heteroatoms. The molecule has 0 aliphatic carbocycles. The molecule has 0 heterocycles. The molecule has 3 amide bonds. The summed E-state index contributed by atoms with van der Waals surface area (Å²) in [6.45, 7) is 16.2. The molecule has 0 aromatic heterocycles. The number of hydrogen-bond donors (Lipinski definition) is 1. The van der Waals surface area contributed by atoms with Crippen LogP contribution in [-0.4, -0.2) is 67.7 Å². The van der Waals surface area contributed by atoms with Crippen LogP contribution in [0.2, 0.25) is 5.04 Å². The molecule has 0 saturated heterocycles. The quantitative estimate of drug-likeness (QED) is 0.105. The van der Waals surface area contributed by atoms with E-state index in [1.165, 1.54) is 6.08 Å².